The van der Waals surface area contributed by atoms with Gasteiger partial charge in [-0.25, -0.2) is 9.37 Å². The van der Waals surface area contributed by atoms with E-state index in [1.807, 2.05) is 17.0 Å². The van der Waals surface area contributed by atoms with Gasteiger partial charge in [-0.05, 0) is 25.0 Å². The van der Waals surface area contributed by atoms with Crippen LogP contribution in [-0.4, -0.2) is 49.0 Å². The molecule has 1 aromatic heterocycles. The number of hydrogen-bond donors (Lipinski definition) is 1. The second-order valence-electron chi connectivity index (χ2n) is 6.65. The smallest absolute Gasteiger partial charge is 0.227 e. The molecule has 0 radical (unpaired) electrons. The second-order valence-corrected chi connectivity index (χ2v) is 6.65. The minimum absolute atomic E-state index is 0.117. The Labute approximate surface area is 152 Å². The Hall–Kier alpha value is -2.70. The van der Waals surface area contributed by atoms with Gasteiger partial charge in [-0.2, -0.15) is 4.98 Å². The Balaban J connectivity index is 1.55. The van der Waals surface area contributed by atoms with Gasteiger partial charge in [-0.1, -0.05) is 12.1 Å². The van der Waals surface area contributed by atoms with E-state index >= 15 is 0 Å². The molecule has 136 valence electrons. The van der Waals surface area contributed by atoms with Crippen LogP contribution >= 0.6 is 0 Å². The number of carbonyl (C=O) groups excluding carboxylic acids is 1. The molecule has 0 atom stereocenters. The SMILES string of the molecule is CNc1nc(N2CCN(c3ccccc3F)CC2)nc2c1C(=O)CCC2. The standard InChI is InChI=1S/C19H22FN5O/c1-21-18-17-14(6-4-8-16(17)26)22-19(23-18)25-11-9-24(10-12-25)15-7-3-2-5-13(15)20/h2-3,5,7H,4,6,8-12H2,1H3,(H,21,22,23). The highest BCUT2D eigenvalue weighted by atomic mass is 19.1. The fraction of sp³-hybridized carbons (Fsp3) is 0.421. The highest BCUT2D eigenvalue weighted by Gasteiger charge is 2.27. The maximum Gasteiger partial charge on any atom is 0.227 e. The number of Topliss-reactive ketones (excluding diaryl/α,β-unsaturated/α-hetero) is 1. The average molecular weight is 355 g/mol. The summed E-state index contributed by atoms with van der Waals surface area (Å²) in [6, 6.07) is 6.86. The fourth-order valence-electron chi connectivity index (χ4n) is 3.69. The molecule has 1 saturated heterocycles. The molecule has 0 saturated carbocycles. The molecule has 1 aliphatic heterocycles. The van der Waals surface area contributed by atoms with E-state index in [0.29, 0.717) is 55.6 Å². The van der Waals surface area contributed by atoms with Gasteiger partial charge in [0.1, 0.15) is 11.6 Å². The third-order valence-corrected chi connectivity index (χ3v) is 5.06. The highest BCUT2D eigenvalue weighted by Crippen LogP contribution is 2.28. The number of anilines is 3. The summed E-state index contributed by atoms with van der Waals surface area (Å²) in [4.78, 5) is 25.6. The van der Waals surface area contributed by atoms with E-state index in [2.05, 4.69) is 20.2 Å². The van der Waals surface area contributed by atoms with Crippen molar-refractivity contribution in [3.05, 3.63) is 41.3 Å². The van der Waals surface area contributed by atoms with Gasteiger partial charge in [-0.15, -0.1) is 0 Å². The molecule has 4 rings (SSSR count). The number of ketones is 1. The van der Waals surface area contributed by atoms with Crippen LogP contribution in [0.25, 0.3) is 0 Å². The lowest BCUT2D eigenvalue weighted by atomic mass is 9.95. The first kappa shape index (κ1) is 16.8. The number of piperazine rings is 1. The first-order valence-electron chi connectivity index (χ1n) is 9.03. The largest absolute Gasteiger partial charge is 0.372 e. The Morgan fingerprint density at radius 2 is 1.77 bits per heavy atom. The van der Waals surface area contributed by atoms with E-state index in [1.165, 1.54) is 6.07 Å². The summed E-state index contributed by atoms with van der Waals surface area (Å²) in [6.45, 7) is 2.83. The van der Waals surface area contributed by atoms with E-state index in [4.69, 9.17) is 0 Å². The Morgan fingerprint density at radius 1 is 1.04 bits per heavy atom. The minimum Gasteiger partial charge on any atom is -0.372 e. The van der Waals surface area contributed by atoms with E-state index in [0.717, 1.165) is 18.5 Å². The van der Waals surface area contributed by atoms with Gasteiger partial charge in [0.05, 0.1) is 16.9 Å². The van der Waals surface area contributed by atoms with Crippen LogP contribution < -0.4 is 15.1 Å². The normalized spacial score (nSPS) is 17.2. The van der Waals surface area contributed by atoms with E-state index in [-0.39, 0.29) is 11.6 Å². The van der Waals surface area contributed by atoms with Crippen LogP contribution in [-0.2, 0) is 6.42 Å². The van der Waals surface area contributed by atoms with Crippen molar-refractivity contribution < 1.29 is 9.18 Å². The Bertz CT molecular complexity index is 815. The van der Waals surface area contributed by atoms with Crippen molar-refractivity contribution in [3.63, 3.8) is 0 Å². The number of para-hydroxylation sites is 1. The summed E-state index contributed by atoms with van der Waals surface area (Å²) in [6.07, 6.45) is 2.21. The lowest BCUT2D eigenvalue weighted by Crippen LogP contribution is -2.47. The molecule has 6 nitrogen and oxygen atoms in total. The number of benzene rings is 1. The lowest BCUT2D eigenvalue weighted by molar-refractivity contribution is 0.0972. The van der Waals surface area contributed by atoms with E-state index in [9.17, 15) is 9.18 Å². The summed E-state index contributed by atoms with van der Waals surface area (Å²) >= 11 is 0. The molecular formula is C19H22FN5O. The van der Waals surface area contributed by atoms with Gasteiger partial charge in [0.15, 0.2) is 5.78 Å². The summed E-state index contributed by atoms with van der Waals surface area (Å²) in [7, 11) is 1.78. The maximum absolute atomic E-state index is 14.0. The zero-order valence-electron chi connectivity index (χ0n) is 14.8. The highest BCUT2D eigenvalue weighted by molar-refractivity contribution is 6.02. The van der Waals surface area contributed by atoms with Gasteiger partial charge in [0.25, 0.3) is 0 Å². The van der Waals surface area contributed by atoms with E-state index < -0.39 is 0 Å². The van der Waals surface area contributed by atoms with Crippen LogP contribution in [0.15, 0.2) is 24.3 Å². The summed E-state index contributed by atoms with van der Waals surface area (Å²) in [5.74, 6) is 1.19. The number of aryl methyl sites for hydroxylation is 1. The molecule has 7 heteroatoms. The first-order chi connectivity index (χ1) is 12.7. The molecule has 1 aromatic carbocycles. The third kappa shape index (κ3) is 2.98. The minimum atomic E-state index is -0.193. The van der Waals surface area contributed by atoms with Crippen LogP contribution in [0.4, 0.5) is 21.8 Å². The zero-order chi connectivity index (χ0) is 18.1. The number of carbonyl (C=O) groups is 1. The van der Waals surface area contributed by atoms with Crippen molar-refractivity contribution in [1.29, 1.82) is 0 Å². The van der Waals surface area contributed by atoms with Crippen LogP contribution in [0, 0.1) is 5.82 Å². The van der Waals surface area contributed by atoms with Crippen LogP contribution in [0.2, 0.25) is 0 Å². The van der Waals surface area contributed by atoms with Crippen molar-refractivity contribution in [3.8, 4) is 0 Å². The van der Waals surface area contributed by atoms with Gasteiger partial charge in [0, 0.05) is 39.6 Å². The van der Waals surface area contributed by atoms with Crippen molar-refractivity contribution in [1.82, 2.24) is 9.97 Å². The molecule has 0 bridgehead atoms. The summed E-state index contributed by atoms with van der Waals surface area (Å²) in [5.41, 5.74) is 2.12. The van der Waals surface area contributed by atoms with Crippen LogP contribution in [0.5, 0.6) is 0 Å². The van der Waals surface area contributed by atoms with E-state index in [1.54, 1.807) is 13.1 Å². The molecule has 2 aliphatic rings. The molecule has 1 aliphatic carbocycles. The molecule has 1 N–H and O–H groups in total. The molecule has 0 spiro atoms. The zero-order valence-corrected chi connectivity index (χ0v) is 14.8. The first-order valence-corrected chi connectivity index (χ1v) is 9.03. The average Bonchev–Trinajstić information content (AvgIpc) is 2.68. The molecule has 2 aromatic rings. The fourth-order valence-corrected chi connectivity index (χ4v) is 3.69. The van der Waals surface area contributed by atoms with Gasteiger partial charge in [-0.3, -0.25) is 4.79 Å². The second kappa shape index (κ2) is 6.90. The predicted octanol–water partition coefficient (Wildman–Crippen LogP) is 2.50. The molecule has 26 heavy (non-hydrogen) atoms. The number of halogens is 1. The van der Waals surface area contributed by atoms with Crippen molar-refractivity contribution in [2.75, 3.05) is 48.3 Å². The molecule has 0 amide bonds. The van der Waals surface area contributed by atoms with Gasteiger partial charge in [0.2, 0.25) is 5.95 Å². The Morgan fingerprint density at radius 3 is 2.50 bits per heavy atom. The number of rotatable bonds is 3. The maximum atomic E-state index is 14.0. The number of aromatic nitrogens is 2. The predicted molar refractivity (Wildman–Crippen MR) is 99.7 cm³/mol. The van der Waals surface area contributed by atoms with Gasteiger partial charge < -0.3 is 15.1 Å². The van der Waals surface area contributed by atoms with Crippen molar-refractivity contribution in [2.24, 2.45) is 0 Å². The number of fused-ring (bicyclic) bond motifs is 1. The van der Waals surface area contributed by atoms with Crippen molar-refractivity contribution in [2.45, 2.75) is 19.3 Å². The van der Waals surface area contributed by atoms with Gasteiger partial charge >= 0.3 is 0 Å². The number of nitrogens with zero attached hydrogens (tertiary/aromatic N) is 4. The third-order valence-electron chi connectivity index (χ3n) is 5.06. The summed E-state index contributed by atoms with van der Waals surface area (Å²) < 4.78 is 14.0. The molecular weight excluding hydrogens is 333 g/mol. The molecule has 2 heterocycles. The quantitative estimate of drug-likeness (QED) is 0.913. The van der Waals surface area contributed by atoms with Crippen LogP contribution in [0.3, 0.4) is 0 Å². The molecule has 0 unspecified atom stereocenters. The monoisotopic (exact) mass is 355 g/mol. The van der Waals surface area contributed by atoms with Crippen LogP contribution in [0.1, 0.15) is 28.9 Å². The molecule has 1 fully saturated rings. The van der Waals surface area contributed by atoms with Crippen molar-refractivity contribution >= 4 is 23.2 Å². The Kier molecular flexibility index (Phi) is 4.44. The lowest BCUT2D eigenvalue weighted by Gasteiger charge is -2.36. The topological polar surface area (TPSA) is 61.4 Å². The number of nitrogens with one attached hydrogen (secondary N) is 1. The number of hydrogen-bond acceptors (Lipinski definition) is 6. The summed E-state index contributed by atoms with van der Waals surface area (Å²) in [5, 5.41) is 3.05.